The lowest BCUT2D eigenvalue weighted by Gasteiger charge is -2.14. The molecule has 0 spiro atoms. The van der Waals surface area contributed by atoms with Gasteiger partial charge in [0.15, 0.2) is 6.10 Å². The molecule has 1 atom stereocenters. The molecule has 0 bridgehead atoms. The summed E-state index contributed by atoms with van der Waals surface area (Å²) >= 11 is 0. The topological polar surface area (TPSA) is 66.8 Å². The van der Waals surface area contributed by atoms with Crippen LogP contribution in [0.1, 0.15) is 24.2 Å². The highest BCUT2D eigenvalue weighted by Gasteiger charge is 2.21. The number of para-hydroxylation sites is 1. The Bertz CT molecular complexity index is 360. The fourth-order valence-corrected chi connectivity index (χ4v) is 1.48. The zero-order valence-electron chi connectivity index (χ0n) is 8.73. The molecule has 0 amide bonds. The van der Waals surface area contributed by atoms with Crippen LogP contribution < -0.4 is 4.74 Å². The molecule has 1 rings (SSSR count). The number of carbonyl (C=O) groups is 1. The van der Waals surface area contributed by atoms with E-state index in [2.05, 4.69) is 0 Å². The van der Waals surface area contributed by atoms with Crippen molar-refractivity contribution in [1.82, 2.24) is 0 Å². The highest BCUT2D eigenvalue weighted by atomic mass is 16.5. The van der Waals surface area contributed by atoms with Crippen LogP contribution in [-0.4, -0.2) is 23.3 Å². The molecule has 0 radical (unpaired) electrons. The molecule has 0 fully saturated rings. The lowest BCUT2D eigenvalue weighted by molar-refractivity contribution is -0.147. The molecular weight excluding hydrogens is 196 g/mol. The van der Waals surface area contributed by atoms with Gasteiger partial charge in [-0.15, -0.1) is 0 Å². The minimum absolute atomic E-state index is 0.296. The molecule has 15 heavy (non-hydrogen) atoms. The minimum atomic E-state index is -1.54. The molecule has 0 aliphatic rings. The van der Waals surface area contributed by atoms with Crippen molar-refractivity contribution in [1.29, 1.82) is 0 Å². The summed E-state index contributed by atoms with van der Waals surface area (Å²) in [6.45, 7) is 1.94. The maximum atomic E-state index is 10.7. The predicted molar refractivity (Wildman–Crippen MR) is 55.0 cm³/mol. The first kappa shape index (κ1) is 11.5. The summed E-state index contributed by atoms with van der Waals surface area (Å²) in [4.78, 5) is 10.7. The van der Waals surface area contributed by atoms with Crippen LogP contribution in [-0.2, 0) is 11.2 Å². The van der Waals surface area contributed by atoms with Gasteiger partial charge in [0.25, 0.3) is 0 Å². The van der Waals surface area contributed by atoms with Gasteiger partial charge in [-0.1, -0.05) is 25.1 Å². The molecule has 0 aromatic heterocycles. The smallest absolute Gasteiger partial charge is 0.337 e. The van der Waals surface area contributed by atoms with Gasteiger partial charge in [0.2, 0.25) is 0 Å². The SMILES string of the molecule is CCc1cccc(C(O)C(=O)O)c1OC. The zero-order valence-corrected chi connectivity index (χ0v) is 8.73. The van der Waals surface area contributed by atoms with Crippen LogP contribution in [0.4, 0.5) is 0 Å². The molecule has 0 aliphatic carbocycles. The van der Waals surface area contributed by atoms with E-state index >= 15 is 0 Å². The average molecular weight is 210 g/mol. The number of methoxy groups -OCH3 is 1. The van der Waals surface area contributed by atoms with Crippen LogP contribution in [0.25, 0.3) is 0 Å². The summed E-state index contributed by atoms with van der Waals surface area (Å²) in [7, 11) is 1.46. The molecule has 1 unspecified atom stereocenters. The maximum absolute atomic E-state index is 10.7. The van der Waals surface area contributed by atoms with Gasteiger partial charge in [0.05, 0.1) is 7.11 Å². The number of aliphatic carboxylic acids is 1. The van der Waals surface area contributed by atoms with Gasteiger partial charge in [0, 0.05) is 5.56 Å². The van der Waals surface area contributed by atoms with Crippen molar-refractivity contribution in [2.24, 2.45) is 0 Å². The Morgan fingerprint density at radius 1 is 1.53 bits per heavy atom. The highest BCUT2D eigenvalue weighted by molar-refractivity contribution is 5.75. The van der Waals surface area contributed by atoms with Gasteiger partial charge in [0.1, 0.15) is 5.75 Å². The molecule has 0 saturated heterocycles. The minimum Gasteiger partial charge on any atom is -0.496 e. The third-order valence-corrected chi connectivity index (χ3v) is 2.24. The predicted octanol–water partition coefficient (Wildman–Crippen LogP) is 1.38. The van der Waals surface area contributed by atoms with Crippen LogP contribution >= 0.6 is 0 Å². The number of aliphatic hydroxyl groups excluding tert-OH is 1. The van der Waals surface area contributed by atoms with E-state index in [0.29, 0.717) is 11.3 Å². The number of benzene rings is 1. The monoisotopic (exact) mass is 210 g/mol. The Balaban J connectivity index is 3.22. The number of carboxylic acids is 1. The third kappa shape index (κ3) is 2.27. The summed E-state index contributed by atoms with van der Waals surface area (Å²) in [6, 6.07) is 5.11. The van der Waals surface area contributed by atoms with Crippen LogP contribution in [0.15, 0.2) is 18.2 Å². The molecule has 4 heteroatoms. The standard InChI is InChI=1S/C11H14O4/c1-3-7-5-4-6-8(10(7)15-2)9(12)11(13)14/h4-6,9,12H,3H2,1-2H3,(H,13,14). The largest absolute Gasteiger partial charge is 0.496 e. The van der Waals surface area contributed by atoms with E-state index in [4.69, 9.17) is 9.84 Å². The lowest BCUT2D eigenvalue weighted by Crippen LogP contribution is -2.12. The maximum Gasteiger partial charge on any atom is 0.337 e. The number of aryl methyl sites for hydroxylation is 1. The first-order chi connectivity index (χ1) is 7.11. The van der Waals surface area contributed by atoms with E-state index < -0.39 is 12.1 Å². The van der Waals surface area contributed by atoms with E-state index in [0.717, 1.165) is 12.0 Å². The van der Waals surface area contributed by atoms with Crippen LogP contribution in [0.2, 0.25) is 0 Å². The second-order valence-electron chi connectivity index (χ2n) is 3.13. The van der Waals surface area contributed by atoms with Gasteiger partial charge in [-0.2, -0.15) is 0 Å². The fraction of sp³-hybridized carbons (Fsp3) is 0.364. The first-order valence-electron chi connectivity index (χ1n) is 4.68. The molecule has 0 heterocycles. The fourth-order valence-electron chi connectivity index (χ4n) is 1.48. The van der Waals surface area contributed by atoms with Gasteiger partial charge in [-0.3, -0.25) is 0 Å². The molecule has 2 N–H and O–H groups in total. The van der Waals surface area contributed by atoms with Gasteiger partial charge in [-0.05, 0) is 12.0 Å². The number of hydrogen-bond donors (Lipinski definition) is 2. The molecule has 0 saturated carbocycles. The van der Waals surface area contributed by atoms with Gasteiger partial charge < -0.3 is 14.9 Å². The Morgan fingerprint density at radius 2 is 2.20 bits per heavy atom. The van der Waals surface area contributed by atoms with Crippen molar-refractivity contribution in [2.45, 2.75) is 19.4 Å². The molecular formula is C11H14O4. The Morgan fingerprint density at radius 3 is 2.67 bits per heavy atom. The number of carboxylic acid groups (broad SMARTS) is 1. The Kier molecular flexibility index (Phi) is 3.68. The van der Waals surface area contributed by atoms with Crippen molar-refractivity contribution in [3.63, 3.8) is 0 Å². The van der Waals surface area contributed by atoms with Crippen molar-refractivity contribution in [3.8, 4) is 5.75 Å². The summed E-state index contributed by atoms with van der Waals surface area (Å²) in [6.07, 6.45) is -0.810. The first-order valence-corrected chi connectivity index (χ1v) is 4.68. The molecule has 4 nitrogen and oxygen atoms in total. The van der Waals surface area contributed by atoms with Crippen molar-refractivity contribution in [2.75, 3.05) is 7.11 Å². The van der Waals surface area contributed by atoms with E-state index in [1.54, 1.807) is 12.1 Å². The van der Waals surface area contributed by atoms with E-state index in [1.807, 2.05) is 13.0 Å². The Hall–Kier alpha value is -1.55. The lowest BCUT2D eigenvalue weighted by atomic mass is 10.0. The molecule has 1 aromatic carbocycles. The number of rotatable bonds is 4. The van der Waals surface area contributed by atoms with Crippen molar-refractivity contribution < 1.29 is 19.7 Å². The Labute approximate surface area is 88.1 Å². The zero-order chi connectivity index (χ0) is 11.4. The van der Waals surface area contributed by atoms with Gasteiger partial charge in [-0.25, -0.2) is 4.79 Å². The van der Waals surface area contributed by atoms with Crippen LogP contribution in [0, 0.1) is 0 Å². The van der Waals surface area contributed by atoms with Crippen molar-refractivity contribution >= 4 is 5.97 Å². The van der Waals surface area contributed by atoms with Crippen LogP contribution in [0.3, 0.4) is 0 Å². The molecule has 1 aromatic rings. The van der Waals surface area contributed by atoms with Gasteiger partial charge >= 0.3 is 5.97 Å². The molecule has 82 valence electrons. The summed E-state index contributed by atoms with van der Waals surface area (Å²) in [5.74, 6) is -0.823. The molecule has 0 aliphatic heterocycles. The summed E-state index contributed by atoms with van der Waals surface area (Å²) in [5.41, 5.74) is 1.18. The quantitative estimate of drug-likeness (QED) is 0.787. The van der Waals surface area contributed by atoms with E-state index in [-0.39, 0.29) is 0 Å². The third-order valence-electron chi connectivity index (χ3n) is 2.24. The number of ether oxygens (including phenoxy) is 1. The van der Waals surface area contributed by atoms with E-state index in [1.165, 1.54) is 7.11 Å². The summed E-state index contributed by atoms with van der Waals surface area (Å²) in [5, 5.41) is 18.2. The van der Waals surface area contributed by atoms with Crippen LogP contribution in [0.5, 0.6) is 5.75 Å². The average Bonchev–Trinajstić information content (AvgIpc) is 2.26. The van der Waals surface area contributed by atoms with Crippen molar-refractivity contribution in [3.05, 3.63) is 29.3 Å². The summed E-state index contributed by atoms with van der Waals surface area (Å²) < 4.78 is 5.12. The number of aliphatic hydroxyl groups is 1. The highest BCUT2D eigenvalue weighted by Crippen LogP contribution is 2.29. The second-order valence-corrected chi connectivity index (χ2v) is 3.13. The number of hydrogen-bond acceptors (Lipinski definition) is 3. The van der Waals surface area contributed by atoms with E-state index in [9.17, 15) is 9.90 Å². The normalized spacial score (nSPS) is 12.2. The second kappa shape index (κ2) is 4.79.